The average molecular weight is 391 g/mol. The van der Waals surface area contributed by atoms with E-state index in [-0.39, 0.29) is 5.91 Å². The summed E-state index contributed by atoms with van der Waals surface area (Å²) in [5.74, 6) is 0.958. The molecule has 0 aromatic heterocycles. The molecule has 2 aromatic rings. The van der Waals surface area contributed by atoms with Gasteiger partial charge in [0, 0.05) is 4.47 Å². The third-order valence-electron chi connectivity index (χ3n) is 3.31. The van der Waals surface area contributed by atoms with E-state index in [9.17, 15) is 4.79 Å². The molecule has 0 bridgehead atoms. The number of carbonyl (C=O) groups excluding carboxylic acids is 1. The van der Waals surface area contributed by atoms with Crippen molar-refractivity contribution in [3.05, 3.63) is 58.1 Å². The molecule has 0 aliphatic heterocycles. The molecule has 0 aliphatic carbocycles. The van der Waals surface area contributed by atoms with Crippen LogP contribution in [-0.2, 0) is 0 Å². The number of methoxy groups -OCH3 is 1. The molecule has 6 heteroatoms. The zero-order chi connectivity index (χ0) is 17.5. The molecule has 1 N–H and O–H groups in total. The first kappa shape index (κ1) is 18.0. The highest BCUT2D eigenvalue weighted by Crippen LogP contribution is 2.22. The van der Waals surface area contributed by atoms with E-state index in [4.69, 9.17) is 9.47 Å². The van der Waals surface area contributed by atoms with Gasteiger partial charge >= 0.3 is 0 Å². The normalized spacial score (nSPS) is 11.1. The maximum atomic E-state index is 12.3. The summed E-state index contributed by atoms with van der Waals surface area (Å²) in [7, 11) is 1.52. The average Bonchev–Trinajstić information content (AvgIpc) is 2.60. The fourth-order valence-corrected chi connectivity index (χ4v) is 2.44. The van der Waals surface area contributed by atoms with Crippen LogP contribution in [0.3, 0.4) is 0 Å². The number of rotatable bonds is 6. The second-order valence-electron chi connectivity index (χ2n) is 4.94. The van der Waals surface area contributed by atoms with Crippen LogP contribution in [0.4, 0.5) is 0 Å². The Hall–Kier alpha value is -2.34. The van der Waals surface area contributed by atoms with Crippen molar-refractivity contribution in [1.82, 2.24) is 5.43 Å². The van der Waals surface area contributed by atoms with Crippen molar-refractivity contribution in [3.63, 3.8) is 0 Å². The molecule has 0 saturated carbocycles. The lowest BCUT2D eigenvalue weighted by Crippen LogP contribution is -2.20. The molecule has 0 saturated heterocycles. The third kappa shape index (κ3) is 4.58. The van der Waals surface area contributed by atoms with E-state index in [1.54, 1.807) is 12.1 Å². The number of nitrogens with one attached hydrogen (secondary N) is 1. The Labute approximate surface area is 149 Å². The fraction of sp³-hybridized carbons (Fsp3) is 0.222. The third-order valence-corrected chi connectivity index (χ3v) is 3.81. The SMILES string of the molecule is CCOc1ccc(/C(C)=N\NC(=O)c2cc(Br)ccc2OC)cc1. The maximum Gasteiger partial charge on any atom is 0.275 e. The van der Waals surface area contributed by atoms with Crippen LogP contribution >= 0.6 is 15.9 Å². The fourth-order valence-electron chi connectivity index (χ4n) is 2.08. The van der Waals surface area contributed by atoms with Gasteiger partial charge in [-0.05, 0) is 61.9 Å². The van der Waals surface area contributed by atoms with Crippen molar-refractivity contribution >= 4 is 27.5 Å². The molecule has 2 rings (SSSR count). The minimum atomic E-state index is -0.335. The van der Waals surface area contributed by atoms with Crippen molar-refractivity contribution < 1.29 is 14.3 Å². The van der Waals surface area contributed by atoms with Crippen molar-refractivity contribution in [2.24, 2.45) is 5.10 Å². The highest BCUT2D eigenvalue weighted by molar-refractivity contribution is 9.10. The Kier molecular flexibility index (Phi) is 6.37. The Morgan fingerprint density at radius 2 is 1.92 bits per heavy atom. The second kappa shape index (κ2) is 8.49. The van der Waals surface area contributed by atoms with Crippen LogP contribution in [-0.4, -0.2) is 25.3 Å². The summed E-state index contributed by atoms with van der Waals surface area (Å²) in [5.41, 5.74) is 4.57. The van der Waals surface area contributed by atoms with E-state index in [0.717, 1.165) is 15.8 Å². The van der Waals surface area contributed by atoms with Crippen LogP contribution in [0.25, 0.3) is 0 Å². The predicted octanol–water partition coefficient (Wildman–Crippen LogP) is 4.01. The molecule has 5 nitrogen and oxygen atoms in total. The van der Waals surface area contributed by atoms with E-state index >= 15 is 0 Å². The summed E-state index contributed by atoms with van der Waals surface area (Å²) < 4.78 is 11.4. The molecule has 0 fully saturated rings. The quantitative estimate of drug-likeness (QED) is 0.598. The van der Waals surface area contributed by atoms with Crippen LogP contribution in [0.5, 0.6) is 11.5 Å². The minimum Gasteiger partial charge on any atom is -0.496 e. The molecule has 1 amide bonds. The smallest absolute Gasteiger partial charge is 0.275 e. The van der Waals surface area contributed by atoms with Crippen LogP contribution in [0, 0.1) is 0 Å². The second-order valence-corrected chi connectivity index (χ2v) is 5.86. The molecule has 0 spiro atoms. The van der Waals surface area contributed by atoms with Gasteiger partial charge in [0.05, 0.1) is 25.0 Å². The number of hydrogen-bond donors (Lipinski definition) is 1. The molecule has 126 valence electrons. The van der Waals surface area contributed by atoms with Gasteiger partial charge in [0.2, 0.25) is 0 Å². The summed E-state index contributed by atoms with van der Waals surface area (Å²) in [6, 6.07) is 12.8. The standard InChI is InChI=1S/C18H19BrN2O3/c1-4-24-15-8-5-13(6-9-15)12(2)20-21-18(22)16-11-14(19)7-10-17(16)23-3/h5-11H,4H2,1-3H3,(H,21,22)/b20-12-. The van der Waals surface area contributed by atoms with Gasteiger partial charge in [0.15, 0.2) is 0 Å². The number of halogens is 1. The van der Waals surface area contributed by atoms with E-state index in [2.05, 4.69) is 26.5 Å². The number of hydrogen-bond acceptors (Lipinski definition) is 4. The number of benzene rings is 2. The number of ether oxygens (including phenoxy) is 2. The molecular weight excluding hydrogens is 372 g/mol. The van der Waals surface area contributed by atoms with Gasteiger partial charge in [0.25, 0.3) is 5.91 Å². The van der Waals surface area contributed by atoms with Crippen LogP contribution in [0.15, 0.2) is 52.0 Å². The van der Waals surface area contributed by atoms with E-state index in [1.807, 2.05) is 44.2 Å². The van der Waals surface area contributed by atoms with Gasteiger partial charge < -0.3 is 9.47 Å². The maximum absolute atomic E-state index is 12.3. The Balaban J connectivity index is 2.11. The zero-order valence-electron chi connectivity index (χ0n) is 13.8. The van der Waals surface area contributed by atoms with Crippen molar-refractivity contribution in [3.8, 4) is 11.5 Å². The van der Waals surface area contributed by atoms with Gasteiger partial charge in [-0.1, -0.05) is 15.9 Å². The lowest BCUT2D eigenvalue weighted by atomic mass is 10.1. The Bertz CT molecular complexity index is 742. The Morgan fingerprint density at radius 1 is 1.21 bits per heavy atom. The van der Waals surface area contributed by atoms with Crippen LogP contribution in [0.2, 0.25) is 0 Å². The molecule has 24 heavy (non-hydrogen) atoms. The first-order chi connectivity index (χ1) is 11.5. The zero-order valence-corrected chi connectivity index (χ0v) is 15.4. The monoisotopic (exact) mass is 390 g/mol. The first-order valence-corrected chi connectivity index (χ1v) is 8.25. The number of carbonyl (C=O) groups is 1. The number of amides is 1. The van der Waals surface area contributed by atoms with E-state index in [0.29, 0.717) is 23.6 Å². The minimum absolute atomic E-state index is 0.335. The van der Waals surface area contributed by atoms with E-state index < -0.39 is 0 Å². The van der Waals surface area contributed by atoms with E-state index in [1.165, 1.54) is 7.11 Å². The van der Waals surface area contributed by atoms with Crippen molar-refractivity contribution in [1.29, 1.82) is 0 Å². The lowest BCUT2D eigenvalue weighted by molar-refractivity contribution is 0.0951. The Morgan fingerprint density at radius 3 is 2.54 bits per heavy atom. The molecule has 0 heterocycles. The molecule has 2 aromatic carbocycles. The van der Waals surface area contributed by atoms with Crippen LogP contribution in [0.1, 0.15) is 29.8 Å². The van der Waals surface area contributed by atoms with Gasteiger partial charge in [0.1, 0.15) is 11.5 Å². The molecule has 0 aliphatic rings. The topological polar surface area (TPSA) is 59.9 Å². The summed E-state index contributed by atoms with van der Waals surface area (Å²) in [5, 5.41) is 4.16. The number of hydrazone groups is 1. The first-order valence-electron chi connectivity index (χ1n) is 7.46. The lowest BCUT2D eigenvalue weighted by Gasteiger charge is -2.08. The summed E-state index contributed by atoms with van der Waals surface area (Å²) >= 11 is 3.35. The van der Waals surface area contributed by atoms with Crippen molar-refractivity contribution in [2.45, 2.75) is 13.8 Å². The van der Waals surface area contributed by atoms with Gasteiger partial charge in [-0.15, -0.1) is 0 Å². The number of nitrogens with zero attached hydrogens (tertiary/aromatic N) is 1. The highest BCUT2D eigenvalue weighted by Gasteiger charge is 2.12. The largest absolute Gasteiger partial charge is 0.496 e. The molecule has 0 radical (unpaired) electrons. The van der Waals surface area contributed by atoms with Gasteiger partial charge in [-0.3, -0.25) is 4.79 Å². The summed E-state index contributed by atoms with van der Waals surface area (Å²) in [6.07, 6.45) is 0. The van der Waals surface area contributed by atoms with Crippen LogP contribution < -0.4 is 14.9 Å². The predicted molar refractivity (Wildman–Crippen MR) is 98.0 cm³/mol. The summed E-state index contributed by atoms with van der Waals surface area (Å²) in [4.78, 5) is 12.3. The molecule has 0 unspecified atom stereocenters. The molecule has 0 atom stereocenters. The summed E-state index contributed by atoms with van der Waals surface area (Å²) in [6.45, 7) is 4.39. The van der Waals surface area contributed by atoms with Gasteiger partial charge in [-0.2, -0.15) is 5.10 Å². The molecular formula is C18H19BrN2O3. The van der Waals surface area contributed by atoms with Gasteiger partial charge in [-0.25, -0.2) is 5.43 Å². The highest BCUT2D eigenvalue weighted by atomic mass is 79.9. The van der Waals surface area contributed by atoms with Crippen molar-refractivity contribution in [2.75, 3.05) is 13.7 Å².